The Bertz CT molecular complexity index is 624. The molecule has 9 nitrogen and oxygen atoms in total. The van der Waals surface area contributed by atoms with E-state index in [9.17, 15) is 9.59 Å². The molecule has 1 aromatic heterocycles. The number of methoxy groups -OCH3 is 1. The van der Waals surface area contributed by atoms with Crippen molar-refractivity contribution in [2.24, 2.45) is 0 Å². The van der Waals surface area contributed by atoms with Crippen LogP contribution in [0.2, 0.25) is 0 Å². The van der Waals surface area contributed by atoms with Gasteiger partial charge in [-0.3, -0.25) is 19.9 Å². The lowest BCUT2D eigenvalue weighted by molar-refractivity contribution is -0.118. The van der Waals surface area contributed by atoms with E-state index in [0.717, 1.165) is 6.42 Å². The maximum absolute atomic E-state index is 12.2. The van der Waals surface area contributed by atoms with Crippen LogP contribution in [0, 0.1) is 0 Å². The third kappa shape index (κ3) is 3.35. The zero-order chi connectivity index (χ0) is 17.2. The van der Waals surface area contributed by atoms with Gasteiger partial charge in [-0.15, -0.1) is 10.2 Å². The molecule has 1 N–H and O–H groups in total. The number of nitrogens with one attached hydrogen (secondary N) is 1. The van der Waals surface area contributed by atoms with Crippen LogP contribution in [0.4, 0.5) is 9.93 Å². The lowest BCUT2D eigenvalue weighted by Crippen LogP contribution is -2.61. The van der Waals surface area contributed by atoms with Gasteiger partial charge in [0.1, 0.15) is 18.2 Å². The van der Waals surface area contributed by atoms with E-state index in [4.69, 9.17) is 9.47 Å². The Kier molecular flexibility index (Phi) is 4.97. The van der Waals surface area contributed by atoms with Gasteiger partial charge >= 0.3 is 6.09 Å². The predicted octanol–water partition coefficient (Wildman–Crippen LogP) is 0.540. The second kappa shape index (κ2) is 6.99. The van der Waals surface area contributed by atoms with Gasteiger partial charge in [-0.05, 0) is 6.42 Å². The first-order valence-electron chi connectivity index (χ1n) is 7.84. The third-order valence-electron chi connectivity index (χ3n) is 4.42. The van der Waals surface area contributed by atoms with Crippen LogP contribution in [0.1, 0.15) is 18.4 Å². The average Bonchev–Trinajstić information content (AvgIpc) is 3.13. The smallest absolute Gasteiger partial charge is 0.410 e. The molecule has 2 saturated heterocycles. The Labute approximate surface area is 143 Å². The van der Waals surface area contributed by atoms with E-state index < -0.39 is 0 Å². The van der Waals surface area contributed by atoms with Crippen LogP contribution in [0.5, 0.6) is 0 Å². The second-order valence-corrected chi connectivity index (χ2v) is 7.04. The summed E-state index contributed by atoms with van der Waals surface area (Å²) in [6, 6.07) is 0. The number of ether oxygens (including phenoxy) is 2. The number of amides is 2. The summed E-state index contributed by atoms with van der Waals surface area (Å²) in [6.45, 7) is 4.92. The maximum atomic E-state index is 12.2. The molecule has 2 aliphatic heterocycles. The summed E-state index contributed by atoms with van der Waals surface area (Å²) < 4.78 is 10.2. The molecule has 0 aromatic carbocycles. The van der Waals surface area contributed by atoms with Crippen molar-refractivity contribution in [2.75, 3.05) is 45.2 Å². The summed E-state index contributed by atoms with van der Waals surface area (Å²) in [5.41, 5.74) is -0.315. The molecule has 0 saturated carbocycles. The van der Waals surface area contributed by atoms with Gasteiger partial charge in [-0.2, -0.15) is 0 Å². The van der Waals surface area contributed by atoms with E-state index in [1.165, 1.54) is 11.3 Å². The van der Waals surface area contributed by atoms with Gasteiger partial charge in [-0.1, -0.05) is 18.3 Å². The van der Waals surface area contributed by atoms with Crippen molar-refractivity contribution in [2.45, 2.75) is 25.5 Å². The van der Waals surface area contributed by atoms with Crippen molar-refractivity contribution >= 4 is 28.5 Å². The van der Waals surface area contributed by atoms with Crippen molar-refractivity contribution < 1.29 is 19.1 Å². The van der Waals surface area contributed by atoms with Gasteiger partial charge in [0.25, 0.3) is 0 Å². The van der Waals surface area contributed by atoms with Crippen LogP contribution in [0.3, 0.4) is 0 Å². The number of carbonyl (C=O) groups is 2. The Morgan fingerprint density at radius 2 is 2.29 bits per heavy atom. The number of anilines is 1. The Hall–Kier alpha value is -1.78. The number of aromatic nitrogens is 2. The fourth-order valence-corrected chi connectivity index (χ4v) is 3.86. The van der Waals surface area contributed by atoms with Crippen molar-refractivity contribution in [3.63, 3.8) is 0 Å². The van der Waals surface area contributed by atoms with Crippen molar-refractivity contribution in [3.8, 4) is 0 Å². The van der Waals surface area contributed by atoms with Gasteiger partial charge < -0.3 is 9.47 Å². The van der Waals surface area contributed by atoms with Crippen LogP contribution in [-0.4, -0.2) is 77.4 Å². The van der Waals surface area contributed by atoms with Crippen LogP contribution in [-0.2, 0) is 20.9 Å². The molecule has 1 unspecified atom stereocenters. The minimum atomic E-state index is -0.315. The van der Waals surface area contributed by atoms with E-state index >= 15 is 0 Å². The molecule has 2 aliphatic rings. The molecule has 1 atom stereocenters. The summed E-state index contributed by atoms with van der Waals surface area (Å²) in [5, 5.41) is 11.8. The van der Waals surface area contributed by atoms with E-state index in [0.29, 0.717) is 43.0 Å². The number of hydrogen-bond acceptors (Lipinski definition) is 8. The highest BCUT2D eigenvalue weighted by molar-refractivity contribution is 7.15. The molecule has 24 heavy (non-hydrogen) atoms. The highest BCUT2D eigenvalue weighted by Crippen LogP contribution is 2.31. The molecular weight excluding hydrogens is 334 g/mol. The highest BCUT2D eigenvalue weighted by atomic mass is 32.1. The van der Waals surface area contributed by atoms with Gasteiger partial charge in [0.05, 0.1) is 12.1 Å². The van der Waals surface area contributed by atoms with Crippen molar-refractivity contribution in [1.29, 1.82) is 0 Å². The SMILES string of the molecule is CCC12COC(=O)N1CCN(CC(=O)Nc1nnc(COC)s1)C2. The molecule has 1 aromatic rings. The zero-order valence-electron chi connectivity index (χ0n) is 13.8. The number of hydrogen-bond donors (Lipinski definition) is 1. The summed E-state index contributed by atoms with van der Waals surface area (Å²) in [5.74, 6) is -0.139. The topological polar surface area (TPSA) is 96.9 Å². The van der Waals surface area contributed by atoms with Gasteiger partial charge in [0.15, 0.2) is 0 Å². The highest BCUT2D eigenvalue weighted by Gasteiger charge is 2.49. The lowest BCUT2D eigenvalue weighted by atomic mass is 9.93. The Morgan fingerprint density at radius 3 is 3.04 bits per heavy atom. The number of piperazine rings is 1. The van der Waals surface area contributed by atoms with Crippen molar-refractivity contribution in [1.82, 2.24) is 20.0 Å². The minimum absolute atomic E-state index is 0.139. The number of cyclic esters (lactones) is 1. The zero-order valence-corrected chi connectivity index (χ0v) is 14.6. The monoisotopic (exact) mass is 355 g/mol. The van der Waals surface area contributed by atoms with E-state index in [2.05, 4.69) is 15.5 Å². The molecule has 10 heteroatoms. The maximum Gasteiger partial charge on any atom is 0.410 e. The molecule has 2 fully saturated rings. The van der Waals surface area contributed by atoms with Gasteiger partial charge in [0, 0.05) is 26.7 Å². The molecule has 0 aliphatic carbocycles. The van der Waals surface area contributed by atoms with E-state index in [-0.39, 0.29) is 24.1 Å². The quantitative estimate of drug-likeness (QED) is 0.795. The minimum Gasteiger partial charge on any atom is -0.447 e. The fraction of sp³-hybridized carbons (Fsp3) is 0.714. The first kappa shape index (κ1) is 17.1. The largest absolute Gasteiger partial charge is 0.447 e. The standard InChI is InChI=1S/C14H21N5O4S/c1-3-14-8-18(4-5-19(14)13(21)23-9-14)6-10(20)15-12-17-16-11(24-12)7-22-2/h3-9H2,1-2H3,(H,15,17,20). The third-order valence-corrected chi connectivity index (χ3v) is 5.23. The molecule has 132 valence electrons. The summed E-state index contributed by atoms with van der Waals surface area (Å²) in [4.78, 5) is 27.9. The van der Waals surface area contributed by atoms with Crippen LogP contribution < -0.4 is 5.32 Å². The van der Waals surface area contributed by atoms with E-state index in [1.54, 1.807) is 12.0 Å². The molecule has 3 rings (SSSR count). The fourth-order valence-electron chi connectivity index (χ4n) is 3.13. The average molecular weight is 355 g/mol. The lowest BCUT2D eigenvalue weighted by Gasteiger charge is -2.43. The van der Waals surface area contributed by atoms with Crippen molar-refractivity contribution in [3.05, 3.63) is 5.01 Å². The summed E-state index contributed by atoms with van der Waals surface area (Å²) in [6.07, 6.45) is 0.550. The van der Waals surface area contributed by atoms with Gasteiger partial charge in [-0.25, -0.2) is 4.79 Å². The number of carbonyl (C=O) groups excluding carboxylic acids is 2. The van der Waals surface area contributed by atoms with Crippen LogP contribution in [0.25, 0.3) is 0 Å². The molecular formula is C14H21N5O4S. The number of rotatable bonds is 6. The van der Waals surface area contributed by atoms with Gasteiger partial charge in [0.2, 0.25) is 11.0 Å². The van der Waals surface area contributed by atoms with Crippen LogP contribution >= 0.6 is 11.3 Å². The summed E-state index contributed by atoms with van der Waals surface area (Å²) in [7, 11) is 1.58. The second-order valence-electron chi connectivity index (χ2n) is 5.98. The Morgan fingerprint density at radius 1 is 1.46 bits per heavy atom. The molecule has 3 heterocycles. The molecule has 0 bridgehead atoms. The van der Waals surface area contributed by atoms with E-state index in [1.807, 2.05) is 11.8 Å². The Balaban J connectivity index is 1.56. The number of nitrogens with zero attached hydrogens (tertiary/aromatic N) is 4. The van der Waals surface area contributed by atoms with Crippen LogP contribution in [0.15, 0.2) is 0 Å². The molecule has 0 radical (unpaired) electrons. The first-order valence-corrected chi connectivity index (χ1v) is 8.66. The normalized spacial score (nSPS) is 23.9. The number of fused-ring (bicyclic) bond motifs is 1. The molecule has 0 spiro atoms. The predicted molar refractivity (Wildman–Crippen MR) is 86.8 cm³/mol. The molecule has 2 amide bonds. The first-order chi connectivity index (χ1) is 11.6. The summed E-state index contributed by atoms with van der Waals surface area (Å²) >= 11 is 1.30.